The van der Waals surface area contributed by atoms with Gasteiger partial charge in [-0.05, 0) is 56.2 Å². The number of nitrogens with one attached hydrogen (secondary N) is 2. The van der Waals surface area contributed by atoms with Gasteiger partial charge in [-0.15, -0.1) is 0 Å². The second-order valence-electron chi connectivity index (χ2n) is 6.99. The quantitative estimate of drug-likeness (QED) is 0.688. The van der Waals surface area contributed by atoms with Crippen LogP contribution in [-0.2, 0) is 11.3 Å². The highest BCUT2D eigenvalue weighted by molar-refractivity contribution is 5.90. The van der Waals surface area contributed by atoms with Gasteiger partial charge in [0.2, 0.25) is 11.9 Å². The Labute approximate surface area is 164 Å². The summed E-state index contributed by atoms with van der Waals surface area (Å²) in [4.78, 5) is 23.5. The zero-order valence-electron chi connectivity index (χ0n) is 15.9. The second kappa shape index (κ2) is 8.12. The summed E-state index contributed by atoms with van der Waals surface area (Å²) in [6, 6.07) is 13.4. The van der Waals surface area contributed by atoms with Crippen molar-refractivity contribution in [2.45, 2.75) is 26.3 Å². The van der Waals surface area contributed by atoms with Gasteiger partial charge in [0.25, 0.3) is 0 Å². The van der Waals surface area contributed by atoms with Crippen LogP contribution in [0.1, 0.15) is 18.5 Å². The molecule has 0 spiro atoms. The Balaban J connectivity index is 1.39. The number of carbonyl (C=O) groups is 1. The predicted octanol–water partition coefficient (Wildman–Crippen LogP) is 3.57. The third-order valence-electron chi connectivity index (χ3n) is 4.69. The smallest absolute Gasteiger partial charge is 0.244 e. The van der Waals surface area contributed by atoms with Gasteiger partial charge in [0.05, 0.1) is 0 Å². The molecule has 7 nitrogen and oxygen atoms in total. The molecule has 0 unspecified atom stereocenters. The van der Waals surface area contributed by atoms with Crippen molar-refractivity contribution in [3.8, 4) is 0 Å². The third-order valence-corrected chi connectivity index (χ3v) is 4.69. The van der Waals surface area contributed by atoms with Crippen molar-refractivity contribution in [2.75, 3.05) is 28.6 Å². The first-order valence-electron chi connectivity index (χ1n) is 9.54. The molecule has 1 aliphatic heterocycles. The Bertz CT molecular complexity index is 930. The number of anilines is 4. The molecule has 1 fully saturated rings. The van der Waals surface area contributed by atoms with Gasteiger partial charge in [0, 0.05) is 48.6 Å². The first-order chi connectivity index (χ1) is 13.7. The van der Waals surface area contributed by atoms with Crippen molar-refractivity contribution in [2.24, 2.45) is 0 Å². The summed E-state index contributed by atoms with van der Waals surface area (Å²) in [7, 11) is 0. The highest BCUT2D eigenvalue weighted by Crippen LogP contribution is 2.22. The lowest BCUT2D eigenvalue weighted by Crippen LogP contribution is -2.19. The highest BCUT2D eigenvalue weighted by Gasteiger charge is 2.15. The van der Waals surface area contributed by atoms with Crippen molar-refractivity contribution in [3.05, 3.63) is 60.6 Å². The van der Waals surface area contributed by atoms with E-state index in [-0.39, 0.29) is 5.91 Å². The summed E-state index contributed by atoms with van der Waals surface area (Å²) in [5, 5.41) is 6.16. The van der Waals surface area contributed by atoms with E-state index in [9.17, 15) is 4.79 Å². The summed E-state index contributed by atoms with van der Waals surface area (Å²) < 4.78 is 1.83. The average molecular weight is 376 g/mol. The molecule has 7 heteroatoms. The molecule has 3 aromatic rings. The van der Waals surface area contributed by atoms with E-state index in [0.717, 1.165) is 36.0 Å². The number of rotatable bonds is 6. The lowest BCUT2D eigenvalue weighted by Gasteiger charge is -2.17. The molecule has 2 aromatic heterocycles. The van der Waals surface area contributed by atoms with Crippen molar-refractivity contribution < 1.29 is 4.79 Å². The lowest BCUT2D eigenvalue weighted by atomic mass is 10.2. The molecule has 0 saturated carbocycles. The first kappa shape index (κ1) is 18.0. The van der Waals surface area contributed by atoms with Crippen LogP contribution in [0.2, 0.25) is 0 Å². The van der Waals surface area contributed by atoms with Crippen LogP contribution in [0.4, 0.5) is 23.1 Å². The number of benzene rings is 1. The predicted molar refractivity (Wildman–Crippen MR) is 111 cm³/mol. The van der Waals surface area contributed by atoms with Crippen molar-refractivity contribution in [1.82, 2.24) is 14.5 Å². The fourth-order valence-corrected chi connectivity index (χ4v) is 3.32. The molecule has 0 atom stereocenters. The van der Waals surface area contributed by atoms with Gasteiger partial charge in [0.1, 0.15) is 12.4 Å². The number of carbonyl (C=O) groups excluding carboxylic acids is 1. The molecule has 0 bridgehead atoms. The van der Waals surface area contributed by atoms with Crippen molar-refractivity contribution in [1.29, 1.82) is 0 Å². The van der Waals surface area contributed by atoms with E-state index in [1.54, 1.807) is 0 Å². The topological polar surface area (TPSA) is 75.1 Å². The van der Waals surface area contributed by atoms with Gasteiger partial charge >= 0.3 is 0 Å². The van der Waals surface area contributed by atoms with Crippen LogP contribution in [-0.4, -0.2) is 33.5 Å². The van der Waals surface area contributed by atoms with Crippen molar-refractivity contribution in [3.63, 3.8) is 0 Å². The summed E-state index contributed by atoms with van der Waals surface area (Å²) >= 11 is 0. The van der Waals surface area contributed by atoms with Crippen LogP contribution in [0.5, 0.6) is 0 Å². The minimum absolute atomic E-state index is 0.0609. The highest BCUT2D eigenvalue weighted by atomic mass is 16.1. The molecule has 1 amide bonds. The maximum absolute atomic E-state index is 12.1. The molecular weight excluding hydrogens is 352 g/mol. The lowest BCUT2D eigenvalue weighted by molar-refractivity contribution is -0.116. The van der Waals surface area contributed by atoms with Crippen LogP contribution >= 0.6 is 0 Å². The Kier molecular flexibility index (Phi) is 5.23. The van der Waals surface area contributed by atoms with E-state index in [1.165, 1.54) is 12.8 Å². The van der Waals surface area contributed by atoms with Gasteiger partial charge in [0.15, 0.2) is 0 Å². The monoisotopic (exact) mass is 376 g/mol. The Hall–Kier alpha value is -3.35. The molecule has 2 N–H and O–H groups in total. The number of hydrogen-bond acceptors (Lipinski definition) is 5. The zero-order chi connectivity index (χ0) is 19.3. The molecule has 3 heterocycles. The fourth-order valence-electron chi connectivity index (χ4n) is 3.32. The van der Waals surface area contributed by atoms with Gasteiger partial charge in [-0.25, -0.2) is 4.98 Å². The Morgan fingerprint density at radius 3 is 2.43 bits per heavy atom. The van der Waals surface area contributed by atoms with Gasteiger partial charge in [-0.3, -0.25) is 4.79 Å². The van der Waals surface area contributed by atoms with Crippen LogP contribution in [0.3, 0.4) is 0 Å². The number of aromatic nitrogens is 3. The Morgan fingerprint density at radius 2 is 1.71 bits per heavy atom. The summed E-state index contributed by atoms with van der Waals surface area (Å²) in [6.07, 6.45) is 6.16. The normalized spacial score (nSPS) is 13.5. The molecule has 4 rings (SSSR count). The summed E-state index contributed by atoms with van der Waals surface area (Å²) in [5.74, 6) is 1.50. The molecule has 1 saturated heterocycles. The number of aryl methyl sites for hydroxylation is 1. The summed E-state index contributed by atoms with van der Waals surface area (Å²) in [6.45, 7) is 4.37. The SMILES string of the molecule is Cc1cc(N2CCCC2)nc(Nc2ccc(NC(=O)Cn3cccc3)cc2)n1. The minimum Gasteiger partial charge on any atom is -0.356 e. The molecule has 0 aliphatic carbocycles. The number of hydrogen-bond donors (Lipinski definition) is 2. The molecular formula is C21H24N6O. The fraction of sp³-hybridized carbons (Fsp3) is 0.286. The maximum atomic E-state index is 12.1. The van der Waals surface area contributed by atoms with Gasteiger partial charge < -0.3 is 20.1 Å². The second-order valence-corrected chi connectivity index (χ2v) is 6.99. The summed E-state index contributed by atoms with van der Waals surface area (Å²) in [5.41, 5.74) is 2.57. The van der Waals surface area contributed by atoms with Gasteiger partial charge in [-0.2, -0.15) is 4.98 Å². The van der Waals surface area contributed by atoms with Crippen LogP contribution < -0.4 is 15.5 Å². The van der Waals surface area contributed by atoms with E-state index < -0.39 is 0 Å². The molecule has 28 heavy (non-hydrogen) atoms. The molecule has 1 aliphatic rings. The Morgan fingerprint density at radius 1 is 1.04 bits per heavy atom. The maximum Gasteiger partial charge on any atom is 0.244 e. The van der Waals surface area contributed by atoms with E-state index >= 15 is 0 Å². The average Bonchev–Trinajstić information content (AvgIpc) is 3.37. The van der Waals surface area contributed by atoms with Crippen LogP contribution in [0, 0.1) is 6.92 Å². The third kappa shape index (κ3) is 4.49. The van der Waals surface area contributed by atoms with Crippen LogP contribution in [0.15, 0.2) is 54.9 Å². The number of nitrogens with zero attached hydrogens (tertiary/aromatic N) is 4. The zero-order valence-corrected chi connectivity index (χ0v) is 15.9. The molecule has 1 aromatic carbocycles. The van der Waals surface area contributed by atoms with Crippen LogP contribution in [0.25, 0.3) is 0 Å². The van der Waals surface area contributed by atoms with E-state index in [1.807, 2.05) is 66.3 Å². The van der Waals surface area contributed by atoms with Crippen molar-refractivity contribution >= 4 is 29.0 Å². The largest absolute Gasteiger partial charge is 0.356 e. The van der Waals surface area contributed by atoms with E-state index in [4.69, 9.17) is 0 Å². The minimum atomic E-state index is -0.0609. The van der Waals surface area contributed by atoms with Gasteiger partial charge in [-0.1, -0.05) is 0 Å². The first-order valence-corrected chi connectivity index (χ1v) is 9.54. The number of amides is 1. The standard InChI is InChI=1S/C21H24N6O/c1-16-14-19(27-12-4-5-13-27)25-21(22-16)24-18-8-6-17(7-9-18)23-20(28)15-26-10-2-3-11-26/h2-3,6-11,14H,4-5,12-13,15H2,1H3,(H,23,28)(H,22,24,25). The van der Waals surface area contributed by atoms with E-state index in [0.29, 0.717) is 12.5 Å². The molecule has 144 valence electrons. The van der Waals surface area contributed by atoms with E-state index in [2.05, 4.69) is 25.5 Å². The molecule has 0 radical (unpaired) electrons.